The van der Waals surface area contributed by atoms with Gasteiger partial charge in [0.15, 0.2) is 0 Å². The second-order valence-electron chi connectivity index (χ2n) is 11.8. The summed E-state index contributed by atoms with van der Waals surface area (Å²) in [5.41, 5.74) is 9.95. The van der Waals surface area contributed by atoms with Gasteiger partial charge in [-0.15, -0.1) is 0 Å². The van der Waals surface area contributed by atoms with Gasteiger partial charge in [-0.2, -0.15) is 0 Å². The second kappa shape index (κ2) is 10.8. The van der Waals surface area contributed by atoms with Crippen molar-refractivity contribution in [3.63, 3.8) is 0 Å². The molecule has 0 atom stereocenters. The number of hydrogen-bond acceptors (Lipinski definition) is 2. The average Bonchev–Trinajstić information content (AvgIpc) is 3.52. The summed E-state index contributed by atoms with van der Waals surface area (Å²) in [6, 6.07) is 62.8. The highest BCUT2D eigenvalue weighted by molar-refractivity contribution is 6.19. The van der Waals surface area contributed by atoms with Gasteiger partial charge in [0.05, 0.1) is 0 Å². The molecule has 0 amide bonds. The van der Waals surface area contributed by atoms with Crippen LogP contribution in [-0.2, 0) is 0 Å². The van der Waals surface area contributed by atoms with Gasteiger partial charge in [0.1, 0.15) is 11.2 Å². The molecule has 0 fully saturated rings. The van der Waals surface area contributed by atoms with Crippen LogP contribution in [0.2, 0.25) is 0 Å². The van der Waals surface area contributed by atoms with E-state index in [-0.39, 0.29) is 0 Å². The van der Waals surface area contributed by atoms with Crippen LogP contribution in [0.25, 0.3) is 65.7 Å². The summed E-state index contributed by atoms with van der Waals surface area (Å²) in [4.78, 5) is 2.35. The molecule has 0 aliphatic heterocycles. The number of hydrogen-bond donors (Lipinski definition) is 0. The van der Waals surface area contributed by atoms with Crippen LogP contribution in [0.4, 0.5) is 17.1 Å². The number of furan rings is 1. The van der Waals surface area contributed by atoms with Gasteiger partial charge in [-0.25, -0.2) is 0 Å². The van der Waals surface area contributed by atoms with Gasteiger partial charge in [0, 0.05) is 27.8 Å². The summed E-state index contributed by atoms with van der Waals surface area (Å²) in [5, 5.41) is 7.17. The fourth-order valence-electron chi connectivity index (χ4n) is 6.82. The molecule has 0 aliphatic rings. The Morgan fingerprint density at radius 2 is 0.935 bits per heavy atom. The standard InChI is InChI=1S/C44H29NO/c1-2-9-30(10-3-1)31-17-23-35(24-18-31)45(36-25-19-33(20-26-36)39-15-8-12-32-11-4-5-13-38(32)39)37-27-21-34-22-28-43-44(41(34)29-37)40-14-6-7-16-42(40)46-43/h1-29H. The molecular weight excluding hydrogens is 558 g/mol. The summed E-state index contributed by atoms with van der Waals surface area (Å²) in [5.74, 6) is 0. The molecule has 2 nitrogen and oxygen atoms in total. The van der Waals surface area contributed by atoms with Crippen LogP contribution in [-0.4, -0.2) is 0 Å². The Morgan fingerprint density at radius 3 is 1.74 bits per heavy atom. The molecule has 0 bridgehead atoms. The van der Waals surface area contributed by atoms with Crippen molar-refractivity contribution < 1.29 is 4.42 Å². The third-order valence-corrected chi connectivity index (χ3v) is 9.06. The predicted octanol–water partition coefficient (Wildman–Crippen LogP) is 12.7. The van der Waals surface area contributed by atoms with Crippen LogP contribution in [0.15, 0.2) is 180 Å². The van der Waals surface area contributed by atoms with Crippen LogP contribution in [0.3, 0.4) is 0 Å². The molecule has 0 spiro atoms. The van der Waals surface area contributed by atoms with E-state index in [4.69, 9.17) is 4.42 Å². The Morgan fingerprint density at radius 1 is 0.348 bits per heavy atom. The molecule has 0 unspecified atom stereocenters. The Labute approximate surface area is 267 Å². The fraction of sp³-hybridized carbons (Fsp3) is 0. The molecule has 0 saturated heterocycles. The van der Waals surface area contributed by atoms with Gasteiger partial charge in [-0.3, -0.25) is 0 Å². The minimum absolute atomic E-state index is 0.907. The Bertz CT molecular complexity index is 2500. The summed E-state index contributed by atoms with van der Waals surface area (Å²) >= 11 is 0. The molecular formula is C44H29NO. The SMILES string of the molecule is c1ccc(-c2ccc(N(c3ccc(-c4cccc5ccccc45)cc3)c3ccc4ccc5oc6ccccc6c5c4c3)cc2)cc1. The molecule has 46 heavy (non-hydrogen) atoms. The fourth-order valence-corrected chi connectivity index (χ4v) is 6.82. The van der Waals surface area contributed by atoms with Gasteiger partial charge in [-0.05, 0) is 92.3 Å². The smallest absolute Gasteiger partial charge is 0.136 e. The summed E-state index contributed by atoms with van der Waals surface area (Å²) < 4.78 is 6.26. The van der Waals surface area contributed by atoms with Crippen LogP contribution in [0.5, 0.6) is 0 Å². The minimum Gasteiger partial charge on any atom is -0.456 e. The lowest BCUT2D eigenvalue weighted by atomic mass is 9.98. The molecule has 0 N–H and O–H groups in total. The van der Waals surface area contributed by atoms with Crippen molar-refractivity contribution in [3.05, 3.63) is 176 Å². The van der Waals surface area contributed by atoms with Crippen molar-refractivity contribution in [3.8, 4) is 22.3 Å². The zero-order valence-electron chi connectivity index (χ0n) is 25.1. The van der Waals surface area contributed by atoms with Crippen molar-refractivity contribution in [1.29, 1.82) is 0 Å². The second-order valence-corrected chi connectivity index (χ2v) is 11.8. The highest BCUT2D eigenvalue weighted by Crippen LogP contribution is 2.41. The molecule has 0 radical (unpaired) electrons. The lowest BCUT2D eigenvalue weighted by molar-refractivity contribution is 0.669. The zero-order valence-corrected chi connectivity index (χ0v) is 25.1. The lowest BCUT2D eigenvalue weighted by Gasteiger charge is -2.26. The van der Waals surface area contributed by atoms with Gasteiger partial charge in [0.25, 0.3) is 0 Å². The van der Waals surface area contributed by atoms with E-state index < -0.39 is 0 Å². The maximum Gasteiger partial charge on any atom is 0.136 e. The van der Waals surface area contributed by atoms with Crippen molar-refractivity contribution in [2.45, 2.75) is 0 Å². The maximum atomic E-state index is 6.26. The van der Waals surface area contributed by atoms with Crippen molar-refractivity contribution >= 4 is 60.5 Å². The summed E-state index contributed by atoms with van der Waals surface area (Å²) in [7, 11) is 0. The quantitative estimate of drug-likeness (QED) is 0.199. The number of rotatable bonds is 5. The summed E-state index contributed by atoms with van der Waals surface area (Å²) in [6.45, 7) is 0. The van der Waals surface area contributed by atoms with Crippen LogP contribution < -0.4 is 4.90 Å². The third kappa shape index (κ3) is 4.43. The van der Waals surface area contributed by atoms with Gasteiger partial charge in [-0.1, -0.05) is 127 Å². The Hall–Kier alpha value is -6.12. The van der Waals surface area contributed by atoms with E-state index in [2.05, 4.69) is 169 Å². The molecule has 8 aromatic carbocycles. The first-order chi connectivity index (χ1) is 22.8. The molecule has 9 aromatic rings. The topological polar surface area (TPSA) is 16.4 Å². The maximum absolute atomic E-state index is 6.26. The van der Waals surface area contributed by atoms with Gasteiger partial charge in [0.2, 0.25) is 0 Å². The van der Waals surface area contributed by atoms with E-state index in [1.807, 2.05) is 12.1 Å². The van der Waals surface area contributed by atoms with E-state index in [1.54, 1.807) is 0 Å². The molecule has 9 rings (SSSR count). The number of fused-ring (bicyclic) bond motifs is 6. The first-order valence-electron chi connectivity index (χ1n) is 15.7. The molecule has 1 aromatic heterocycles. The van der Waals surface area contributed by atoms with Crippen LogP contribution in [0.1, 0.15) is 0 Å². The number of anilines is 3. The Kier molecular flexibility index (Phi) is 6.17. The van der Waals surface area contributed by atoms with E-state index in [0.717, 1.165) is 39.0 Å². The number of para-hydroxylation sites is 1. The first-order valence-corrected chi connectivity index (χ1v) is 15.7. The molecule has 216 valence electrons. The van der Waals surface area contributed by atoms with E-state index >= 15 is 0 Å². The molecule has 0 aliphatic carbocycles. The number of benzene rings is 8. The predicted molar refractivity (Wildman–Crippen MR) is 194 cm³/mol. The largest absolute Gasteiger partial charge is 0.456 e. The Balaban J connectivity index is 1.21. The molecule has 1 heterocycles. The van der Waals surface area contributed by atoms with Crippen LogP contribution in [0, 0.1) is 0 Å². The van der Waals surface area contributed by atoms with Crippen molar-refractivity contribution in [2.75, 3.05) is 4.90 Å². The average molecular weight is 588 g/mol. The highest BCUT2D eigenvalue weighted by Gasteiger charge is 2.17. The zero-order chi connectivity index (χ0) is 30.5. The minimum atomic E-state index is 0.907. The van der Waals surface area contributed by atoms with E-state index in [9.17, 15) is 0 Å². The van der Waals surface area contributed by atoms with E-state index in [1.165, 1.54) is 43.8 Å². The van der Waals surface area contributed by atoms with Gasteiger partial charge >= 0.3 is 0 Å². The highest BCUT2D eigenvalue weighted by atomic mass is 16.3. The molecule has 2 heteroatoms. The van der Waals surface area contributed by atoms with E-state index in [0.29, 0.717) is 0 Å². The third-order valence-electron chi connectivity index (χ3n) is 9.06. The van der Waals surface area contributed by atoms with Crippen molar-refractivity contribution in [2.24, 2.45) is 0 Å². The normalized spacial score (nSPS) is 11.5. The van der Waals surface area contributed by atoms with Crippen molar-refractivity contribution in [1.82, 2.24) is 0 Å². The summed E-state index contributed by atoms with van der Waals surface area (Å²) in [6.07, 6.45) is 0. The lowest BCUT2D eigenvalue weighted by Crippen LogP contribution is -2.09. The monoisotopic (exact) mass is 587 g/mol. The molecule has 0 saturated carbocycles. The van der Waals surface area contributed by atoms with Gasteiger partial charge < -0.3 is 9.32 Å². The first kappa shape index (κ1) is 26.3. The number of nitrogens with zero attached hydrogens (tertiary/aromatic N) is 1. The van der Waals surface area contributed by atoms with Crippen LogP contribution >= 0.6 is 0 Å².